The fourth-order valence-corrected chi connectivity index (χ4v) is 2.33. The van der Waals surface area contributed by atoms with Crippen LogP contribution >= 0.6 is 15.9 Å². The standard InChI is InChI=1S/C17H19BrN4O3/c1-6-8-11(7-2)24-15-13-14(19-10-20-15)22(12(9-18)21-13)16(23)25-17(3,4)5/h6-8,10H,1-2,9H2,3-5H3/b11-8+. The molecule has 0 aliphatic heterocycles. The van der Waals surface area contributed by atoms with Gasteiger partial charge in [0.15, 0.2) is 11.2 Å². The summed E-state index contributed by atoms with van der Waals surface area (Å²) in [4.78, 5) is 25.2. The van der Waals surface area contributed by atoms with Crippen molar-refractivity contribution >= 4 is 33.2 Å². The van der Waals surface area contributed by atoms with E-state index in [0.717, 1.165) is 0 Å². The molecule has 0 atom stereocenters. The summed E-state index contributed by atoms with van der Waals surface area (Å²) in [6, 6.07) is 0. The summed E-state index contributed by atoms with van der Waals surface area (Å²) in [7, 11) is 0. The zero-order valence-corrected chi connectivity index (χ0v) is 15.9. The van der Waals surface area contributed by atoms with Crippen LogP contribution in [0.3, 0.4) is 0 Å². The van der Waals surface area contributed by atoms with E-state index in [1.54, 1.807) is 32.9 Å². The molecule has 0 saturated heterocycles. The molecule has 0 amide bonds. The Kier molecular flexibility index (Phi) is 5.73. The van der Waals surface area contributed by atoms with Gasteiger partial charge in [0.2, 0.25) is 0 Å². The number of nitrogens with zero attached hydrogens (tertiary/aromatic N) is 4. The van der Waals surface area contributed by atoms with E-state index in [1.807, 2.05) is 0 Å². The number of allylic oxidation sites excluding steroid dienone is 3. The van der Waals surface area contributed by atoms with Crippen molar-refractivity contribution in [3.05, 3.63) is 49.3 Å². The summed E-state index contributed by atoms with van der Waals surface area (Å²) in [5.41, 5.74) is 0.00196. The van der Waals surface area contributed by atoms with Crippen molar-refractivity contribution < 1.29 is 14.3 Å². The highest BCUT2D eigenvalue weighted by Crippen LogP contribution is 2.25. The summed E-state index contributed by atoms with van der Waals surface area (Å²) in [6.45, 7) is 12.7. The normalized spacial score (nSPS) is 12.1. The van der Waals surface area contributed by atoms with Gasteiger partial charge in [-0.15, -0.1) is 0 Å². The molecule has 0 radical (unpaired) electrons. The van der Waals surface area contributed by atoms with Crippen LogP contribution in [0.2, 0.25) is 0 Å². The number of alkyl halides is 1. The lowest BCUT2D eigenvalue weighted by molar-refractivity contribution is 0.0539. The Morgan fingerprint density at radius 1 is 1.36 bits per heavy atom. The summed E-state index contributed by atoms with van der Waals surface area (Å²) >= 11 is 3.33. The van der Waals surface area contributed by atoms with Gasteiger partial charge >= 0.3 is 6.09 Å². The number of hydrogen-bond acceptors (Lipinski definition) is 6. The zero-order chi connectivity index (χ0) is 18.6. The van der Waals surface area contributed by atoms with Crippen LogP contribution in [0.25, 0.3) is 11.2 Å². The number of ether oxygens (including phenoxy) is 2. The number of hydrogen-bond donors (Lipinski definition) is 0. The third kappa shape index (κ3) is 4.33. The summed E-state index contributed by atoms with van der Waals surface area (Å²) < 4.78 is 12.4. The number of fused-ring (bicyclic) bond motifs is 1. The van der Waals surface area contributed by atoms with Gasteiger partial charge in [-0.25, -0.2) is 19.3 Å². The molecule has 0 aliphatic carbocycles. The fraction of sp³-hybridized carbons (Fsp3) is 0.294. The van der Waals surface area contributed by atoms with Crippen LogP contribution in [0.15, 0.2) is 43.5 Å². The second-order valence-corrected chi connectivity index (χ2v) is 6.50. The Balaban J connectivity index is 2.56. The molecular weight excluding hydrogens is 388 g/mol. The fourth-order valence-electron chi connectivity index (χ4n) is 1.95. The quantitative estimate of drug-likeness (QED) is 0.421. The van der Waals surface area contributed by atoms with Gasteiger partial charge in [0, 0.05) is 0 Å². The van der Waals surface area contributed by atoms with E-state index in [1.165, 1.54) is 17.0 Å². The molecule has 0 aromatic carbocycles. The second-order valence-electron chi connectivity index (χ2n) is 5.94. The first-order chi connectivity index (χ1) is 11.8. The summed E-state index contributed by atoms with van der Waals surface area (Å²) in [6.07, 6.45) is 5.45. The van der Waals surface area contributed by atoms with E-state index in [-0.39, 0.29) is 5.88 Å². The first kappa shape index (κ1) is 18.9. The molecule has 2 heterocycles. The van der Waals surface area contributed by atoms with Crippen molar-refractivity contribution in [2.45, 2.75) is 31.7 Å². The van der Waals surface area contributed by atoms with Crippen molar-refractivity contribution in [2.75, 3.05) is 0 Å². The van der Waals surface area contributed by atoms with Crippen LogP contribution in [-0.2, 0) is 10.1 Å². The molecular formula is C17H19BrN4O3. The van der Waals surface area contributed by atoms with Crippen LogP contribution in [0.1, 0.15) is 26.6 Å². The minimum atomic E-state index is -0.647. The van der Waals surface area contributed by atoms with Crippen molar-refractivity contribution in [2.24, 2.45) is 0 Å². The topological polar surface area (TPSA) is 79.1 Å². The maximum absolute atomic E-state index is 12.5. The third-order valence-corrected chi connectivity index (χ3v) is 3.38. The zero-order valence-electron chi connectivity index (χ0n) is 14.3. The lowest BCUT2D eigenvalue weighted by Gasteiger charge is -2.20. The second kappa shape index (κ2) is 7.60. The van der Waals surface area contributed by atoms with E-state index in [4.69, 9.17) is 9.47 Å². The van der Waals surface area contributed by atoms with Gasteiger partial charge in [-0.1, -0.05) is 35.2 Å². The SMILES string of the molecule is C=C/C=C(\C=C)Oc1ncnc2c1nc(CBr)n2C(=O)OC(C)(C)C. The number of rotatable bonds is 5. The maximum atomic E-state index is 12.5. The van der Waals surface area contributed by atoms with Gasteiger partial charge < -0.3 is 9.47 Å². The summed E-state index contributed by atoms with van der Waals surface area (Å²) in [5.74, 6) is 1.09. The Bertz CT molecular complexity index is 849. The van der Waals surface area contributed by atoms with Crippen LogP contribution in [0, 0.1) is 0 Å². The highest BCUT2D eigenvalue weighted by atomic mass is 79.9. The number of halogens is 1. The Morgan fingerprint density at radius 3 is 2.64 bits per heavy atom. The average molecular weight is 407 g/mol. The molecule has 8 heteroatoms. The van der Waals surface area contributed by atoms with Crippen molar-refractivity contribution in [1.82, 2.24) is 19.5 Å². The molecule has 7 nitrogen and oxygen atoms in total. The molecule has 2 aromatic rings. The Hall–Kier alpha value is -2.48. The van der Waals surface area contributed by atoms with Gasteiger partial charge in [0.05, 0.1) is 5.33 Å². The Labute approximate surface area is 154 Å². The first-order valence-corrected chi connectivity index (χ1v) is 8.57. The molecule has 0 saturated carbocycles. The maximum Gasteiger partial charge on any atom is 0.421 e. The van der Waals surface area contributed by atoms with Gasteiger partial charge in [-0.3, -0.25) is 0 Å². The Morgan fingerprint density at radius 2 is 2.08 bits per heavy atom. The largest absolute Gasteiger partial charge is 0.443 e. The van der Waals surface area contributed by atoms with E-state index < -0.39 is 11.7 Å². The van der Waals surface area contributed by atoms with Crippen LogP contribution in [-0.4, -0.2) is 31.2 Å². The van der Waals surface area contributed by atoms with E-state index >= 15 is 0 Å². The predicted octanol–water partition coefficient (Wildman–Crippen LogP) is 4.14. The molecule has 2 rings (SSSR count). The highest BCUT2D eigenvalue weighted by molar-refractivity contribution is 9.08. The van der Waals surface area contributed by atoms with Crippen molar-refractivity contribution in [3.63, 3.8) is 0 Å². The molecule has 132 valence electrons. The smallest absolute Gasteiger partial charge is 0.421 e. The number of aromatic nitrogens is 4. The van der Waals surface area contributed by atoms with E-state index in [9.17, 15) is 4.79 Å². The van der Waals surface area contributed by atoms with Gasteiger partial charge in [-0.05, 0) is 32.9 Å². The van der Waals surface area contributed by atoms with Crippen molar-refractivity contribution in [1.29, 1.82) is 0 Å². The molecule has 0 bridgehead atoms. The lowest BCUT2D eigenvalue weighted by Crippen LogP contribution is -2.28. The molecule has 0 N–H and O–H groups in total. The lowest BCUT2D eigenvalue weighted by atomic mass is 10.2. The minimum Gasteiger partial charge on any atom is -0.443 e. The highest BCUT2D eigenvalue weighted by Gasteiger charge is 2.25. The van der Waals surface area contributed by atoms with E-state index in [0.29, 0.717) is 28.1 Å². The van der Waals surface area contributed by atoms with E-state index in [2.05, 4.69) is 44.0 Å². The summed E-state index contributed by atoms with van der Waals surface area (Å²) in [5, 5.41) is 0.332. The first-order valence-electron chi connectivity index (χ1n) is 7.45. The third-order valence-electron chi connectivity index (χ3n) is 2.87. The van der Waals surface area contributed by atoms with Crippen LogP contribution in [0.4, 0.5) is 4.79 Å². The molecule has 0 spiro atoms. The van der Waals surface area contributed by atoms with Gasteiger partial charge in [0.25, 0.3) is 5.88 Å². The molecule has 0 aliphatic rings. The molecule has 0 unspecified atom stereocenters. The van der Waals surface area contributed by atoms with Crippen LogP contribution < -0.4 is 4.74 Å². The average Bonchev–Trinajstić information content (AvgIpc) is 2.92. The number of carbonyl (C=O) groups is 1. The number of carbonyl (C=O) groups excluding carboxylic acids is 1. The van der Waals surface area contributed by atoms with Crippen molar-refractivity contribution in [3.8, 4) is 5.88 Å². The number of imidazole rings is 1. The molecule has 2 aromatic heterocycles. The molecule has 0 fully saturated rings. The van der Waals surface area contributed by atoms with Gasteiger partial charge in [0.1, 0.15) is 23.5 Å². The van der Waals surface area contributed by atoms with Crippen LogP contribution in [0.5, 0.6) is 5.88 Å². The predicted molar refractivity (Wildman–Crippen MR) is 98.7 cm³/mol. The molecule has 25 heavy (non-hydrogen) atoms. The monoisotopic (exact) mass is 406 g/mol. The van der Waals surface area contributed by atoms with Gasteiger partial charge in [-0.2, -0.15) is 4.98 Å². The minimum absolute atomic E-state index is 0.211.